The number of allylic oxidation sites excluding steroid dienone is 6. The lowest BCUT2D eigenvalue weighted by Gasteiger charge is -2.45. The van der Waals surface area contributed by atoms with Crippen LogP contribution in [0, 0.1) is 11.8 Å². The van der Waals surface area contributed by atoms with Crippen LogP contribution in [0.4, 0.5) is 0 Å². The normalized spacial score (nSPS) is 21.4. The van der Waals surface area contributed by atoms with Crippen LogP contribution in [0.5, 0.6) is 0 Å². The molecular weight excluding hydrogens is 655 g/mol. The van der Waals surface area contributed by atoms with Crippen LogP contribution < -0.4 is 5.32 Å². The van der Waals surface area contributed by atoms with E-state index in [9.17, 15) is 0 Å². The van der Waals surface area contributed by atoms with Crippen LogP contribution in [0.15, 0.2) is 173 Å². The summed E-state index contributed by atoms with van der Waals surface area (Å²) in [6, 6.07) is 44.0. The Kier molecular flexibility index (Phi) is 8.95. The number of amidine groups is 1. The first-order valence-corrected chi connectivity index (χ1v) is 19.6. The van der Waals surface area contributed by atoms with Crippen molar-refractivity contribution in [3.63, 3.8) is 0 Å². The van der Waals surface area contributed by atoms with Crippen LogP contribution >= 0.6 is 0 Å². The Bertz CT molecular complexity index is 2400. The Hall–Kier alpha value is -5.80. The van der Waals surface area contributed by atoms with Crippen molar-refractivity contribution in [1.29, 1.82) is 0 Å². The zero-order chi connectivity index (χ0) is 36.6. The molecule has 0 radical (unpaired) electrons. The molecule has 1 saturated carbocycles. The fourth-order valence-electron chi connectivity index (χ4n) is 9.35. The van der Waals surface area contributed by atoms with E-state index in [0.29, 0.717) is 12.5 Å². The van der Waals surface area contributed by atoms with Crippen molar-refractivity contribution in [2.75, 3.05) is 7.05 Å². The maximum atomic E-state index is 5.14. The lowest BCUT2D eigenvalue weighted by molar-refractivity contribution is 0.155. The van der Waals surface area contributed by atoms with E-state index in [2.05, 4.69) is 152 Å². The number of benzene rings is 5. The SMILES string of the molecule is C=C(NC)C1=CC(c2ccc3c(c2)C2(C=CCC4CC2C4)c2cccc(-c4cccc(CN=C(N=C(C)c5ccccc5)c5ccccc5)c4)c2-3)=CCC1. The van der Waals surface area contributed by atoms with Crippen molar-refractivity contribution in [3.8, 4) is 22.3 Å². The smallest absolute Gasteiger partial charge is 0.155 e. The quantitative estimate of drug-likeness (QED) is 0.0976. The molecule has 5 aromatic carbocycles. The minimum atomic E-state index is -0.110. The predicted octanol–water partition coefficient (Wildman–Crippen LogP) is 11.9. The van der Waals surface area contributed by atoms with Crippen molar-refractivity contribution < 1.29 is 0 Å². The number of hydrogen-bond donors (Lipinski definition) is 1. The third-order valence-corrected chi connectivity index (χ3v) is 12.3. The van der Waals surface area contributed by atoms with Gasteiger partial charge in [0.1, 0.15) is 0 Å². The van der Waals surface area contributed by atoms with E-state index in [0.717, 1.165) is 47.1 Å². The van der Waals surface area contributed by atoms with Crippen LogP contribution in [0.2, 0.25) is 0 Å². The van der Waals surface area contributed by atoms with Crippen LogP contribution in [-0.2, 0) is 12.0 Å². The van der Waals surface area contributed by atoms with Gasteiger partial charge in [0.25, 0.3) is 0 Å². The lowest BCUT2D eigenvalue weighted by Crippen LogP contribution is -2.39. The minimum absolute atomic E-state index is 0.110. The summed E-state index contributed by atoms with van der Waals surface area (Å²) in [5.41, 5.74) is 17.3. The maximum Gasteiger partial charge on any atom is 0.155 e. The molecule has 1 atom stereocenters. The fraction of sp³-hybridized carbons (Fsp3) is 0.216. The summed E-state index contributed by atoms with van der Waals surface area (Å²) in [5.74, 6) is 2.17. The van der Waals surface area contributed by atoms with Gasteiger partial charge in [0, 0.05) is 29.4 Å². The third kappa shape index (κ3) is 6.02. The molecule has 5 aliphatic rings. The molecule has 1 fully saturated rings. The fourth-order valence-corrected chi connectivity index (χ4v) is 9.35. The molecule has 1 N–H and O–H groups in total. The van der Waals surface area contributed by atoms with Crippen LogP contribution in [-0.4, -0.2) is 18.6 Å². The Morgan fingerprint density at radius 3 is 2.37 bits per heavy atom. The molecule has 0 aromatic heterocycles. The van der Waals surface area contributed by atoms with Gasteiger partial charge >= 0.3 is 0 Å². The molecule has 0 aliphatic heterocycles. The summed E-state index contributed by atoms with van der Waals surface area (Å²) in [5, 5.41) is 3.27. The zero-order valence-electron chi connectivity index (χ0n) is 31.4. The molecule has 3 heteroatoms. The van der Waals surface area contributed by atoms with E-state index in [1.165, 1.54) is 74.9 Å². The summed E-state index contributed by atoms with van der Waals surface area (Å²) < 4.78 is 0. The number of fused-ring (bicyclic) bond motifs is 4. The molecule has 1 spiro atoms. The van der Waals surface area contributed by atoms with Gasteiger partial charge in [0.15, 0.2) is 5.84 Å². The largest absolute Gasteiger partial charge is 0.388 e. The van der Waals surface area contributed by atoms with Crippen molar-refractivity contribution in [3.05, 3.63) is 197 Å². The van der Waals surface area contributed by atoms with Crippen LogP contribution in [0.3, 0.4) is 0 Å². The number of hydrogen-bond acceptors (Lipinski definition) is 2. The van der Waals surface area contributed by atoms with E-state index in [4.69, 9.17) is 9.98 Å². The lowest BCUT2D eigenvalue weighted by atomic mass is 9.58. The Morgan fingerprint density at radius 1 is 0.796 bits per heavy atom. The first-order valence-electron chi connectivity index (χ1n) is 19.6. The van der Waals surface area contributed by atoms with E-state index < -0.39 is 0 Å². The molecule has 5 aliphatic carbocycles. The highest BCUT2D eigenvalue weighted by molar-refractivity contribution is 6.11. The number of nitrogens with zero attached hydrogens (tertiary/aromatic N) is 2. The highest BCUT2D eigenvalue weighted by Gasteiger charge is 2.53. The second-order valence-electron chi connectivity index (χ2n) is 15.4. The highest BCUT2D eigenvalue weighted by atomic mass is 14.9. The average Bonchev–Trinajstić information content (AvgIpc) is 3.33. The van der Waals surface area contributed by atoms with Crippen LogP contribution in [0.25, 0.3) is 27.8 Å². The average molecular weight is 702 g/mol. The summed E-state index contributed by atoms with van der Waals surface area (Å²) in [7, 11) is 1.97. The summed E-state index contributed by atoms with van der Waals surface area (Å²) >= 11 is 0. The second-order valence-corrected chi connectivity index (χ2v) is 15.4. The highest BCUT2D eigenvalue weighted by Crippen LogP contribution is 2.63. The van der Waals surface area contributed by atoms with Gasteiger partial charge < -0.3 is 5.32 Å². The molecule has 3 nitrogen and oxygen atoms in total. The Morgan fingerprint density at radius 2 is 1.57 bits per heavy atom. The molecule has 10 rings (SSSR count). The van der Waals surface area contributed by atoms with Crippen molar-refractivity contribution >= 4 is 17.1 Å². The molecule has 5 aromatic rings. The van der Waals surface area contributed by atoms with E-state index >= 15 is 0 Å². The van der Waals surface area contributed by atoms with E-state index in [-0.39, 0.29) is 5.41 Å². The van der Waals surface area contributed by atoms with Gasteiger partial charge in [-0.05, 0) is 130 Å². The molecule has 2 bridgehead atoms. The number of nitrogens with one attached hydrogen (secondary N) is 1. The zero-order valence-corrected chi connectivity index (χ0v) is 31.4. The molecule has 0 saturated heterocycles. The molecule has 0 heterocycles. The van der Waals surface area contributed by atoms with Gasteiger partial charge in [-0.2, -0.15) is 0 Å². The van der Waals surface area contributed by atoms with Gasteiger partial charge in [-0.3, -0.25) is 4.99 Å². The number of aliphatic imine (C=N–C) groups is 2. The molecular formula is C51H47N3. The van der Waals surface area contributed by atoms with Crippen LogP contribution in [0.1, 0.15) is 72.4 Å². The van der Waals surface area contributed by atoms with Gasteiger partial charge in [0.2, 0.25) is 0 Å². The Balaban J connectivity index is 1.12. The maximum absolute atomic E-state index is 5.14. The van der Waals surface area contributed by atoms with Gasteiger partial charge in [-0.25, -0.2) is 4.99 Å². The molecule has 266 valence electrons. The predicted molar refractivity (Wildman–Crippen MR) is 227 cm³/mol. The standard InChI is InChI=1S/C51H47N3/c1-34(52-3)40-20-11-21-41(31-40)42-25-26-46-48(32-42)51(27-13-15-36-29-44(51)30-36)47-24-12-23-45(49(46)47)43-22-10-14-37(28-43)33-53-50(39-18-8-5-9-19-39)54-35(2)38-16-6-4-7-17-38/h4-10,12-14,16-19,21-28,31-32,36,44,52H,1,11,15,20,29-30,33H2,2-3H3. The number of likely N-dealkylation sites (N-methyl/N-ethyl adjacent to an activating group) is 1. The molecule has 54 heavy (non-hydrogen) atoms. The first kappa shape index (κ1) is 34.0. The first-order chi connectivity index (χ1) is 26.5. The van der Waals surface area contributed by atoms with Crippen molar-refractivity contribution in [2.45, 2.75) is 51.0 Å². The Labute approximate surface area is 320 Å². The monoisotopic (exact) mass is 701 g/mol. The topological polar surface area (TPSA) is 36.8 Å². The van der Waals surface area contributed by atoms with E-state index in [1.54, 1.807) is 0 Å². The van der Waals surface area contributed by atoms with Crippen molar-refractivity contribution in [1.82, 2.24) is 5.32 Å². The van der Waals surface area contributed by atoms with Gasteiger partial charge in [-0.15, -0.1) is 0 Å². The van der Waals surface area contributed by atoms with Gasteiger partial charge in [-0.1, -0.05) is 134 Å². The second kappa shape index (κ2) is 14.2. The summed E-state index contributed by atoms with van der Waals surface area (Å²) in [6.45, 7) is 6.88. The molecule has 0 amide bonds. The van der Waals surface area contributed by atoms with Gasteiger partial charge in [0.05, 0.1) is 6.54 Å². The summed E-state index contributed by atoms with van der Waals surface area (Å²) in [4.78, 5) is 10.2. The number of rotatable bonds is 8. The molecule has 1 unspecified atom stereocenters. The van der Waals surface area contributed by atoms with Crippen molar-refractivity contribution in [2.24, 2.45) is 21.8 Å². The minimum Gasteiger partial charge on any atom is -0.388 e. The summed E-state index contributed by atoms with van der Waals surface area (Å²) in [6.07, 6.45) is 15.7. The van der Waals surface area contributed by atoms with E-state index in [1.807, 2.05) is 19.2 Å². The third-order valence-electron chi connectivity index (χ3n) is 12.3.